The second kappa shape index (κ2) is 45.7. The summed E-state index contributed by atoms with van der Waals surface area (Å²) in [6.07, 6.45) is 2.14. The number of carbonyl (C=O) groups is 2. The number of fused-ring (bicyclic) bond motifs is 1. The number of aliphatic hydroxyl groups excluding tert-OH is 1. The number of alkyl halides is 8. The van der Waals surface area contributed by atoms with Gasteiger partial charge >= 0.3 is 24.9 Å². The zero-order valence-corrected chi connectivity index (χ0v) is 73.0. The van der Waals surface area contributed by atoms with Crippen molar-refractivity contribution in [2.75, 3.05) is 72.3 Å². The Morgan fingerprint density at radius 1 is 0.662 bits per heavy atom. The van der Waals surface area contributed by atoms with Gasteiger partial charge in [0.25, 0.3) is 15.9 Å². The molecule has 35 heteroatoms. The first-order chi connectivity index (χ1) is 62.5. The molecule has 7 aromatic carbocycles. The van der Waals surface area contributed by atoms with Crippen LogP contribution in [-0.4, -0.2) is 148 Å². The molecule has 0 spiro atoms. The number of amides is 1. The third kappa shape index (κ3) is 26.9. The lowest BCUT2D eigenvalue weighted by atomic mass is 9.97. The zero-order chi connectivity index (χ0) is 93.0. The van der Waals surface area contributed by atoms with Crippen LogP contribution in [0.15, 0.2) is 283 Å². The van der Waals surface area contributed by atoms with Crippen molar-refractivity contribution in [3.63, 3.8) is 0 Å². The van der Waals surface area contributed by atoms with Crippen LogP contribution in [0.2, 0.25) is 0 Å². The van der Waals surface area contributed by atoms with Gasteiger partial charge in [-0.2, -0.15) is 50.9 Å². The number of hydrogen-bond donors (Lipinski definition) is 1. The molecular formula is C95H89F8N15O9S3. The fourth-order valence-corrected chi connectivity index (χ4v) is 17.9. The zero-order valence-electron chi connectivity index (χ0n) is 70.6. The molecule has 1 aliphatic heterocycles. The molecule has 7 heterocycles. The number of sulfone groups is 1. The molecule has 130 heavy (non-hydrogen) atoms. The predicted molar refractivity (Wildman–Crippen MR) is 475 cm³/mol. The number of sulfonamides is 1. The summed E-state index contributed by atoms with van der Waals surface area (Å²) in [6, 6.07) is 68.8. The first kappa shape index (κ1) is 96.7. The SMILES string of the molecule is CCOC(=O)CCN(Cc1cccnc1)c1nc(C(F)(F)F)ccc1C#N.Cc1ccc(C)c(OCC(O)CN(c2nccs2)S(=O)(=O)c2ccccc2)c1.N#Cc1ccccc1CN1CCN(c2cccc(C(F)(F)F)c2)CC1.N#Cc1ccccc1S(=O)(=O)CC(c1ccccc1)c1ccccn1.O=C(c1nccc2ccccc12)N(Cc1nccn1C(F)F)C1CC1. The van der Waals surface area contributed by atoms with Crippen molar-refractivity contribution >= 4 is 70.5 Å². The summed E-state index contributed by atoms with van der Waals surface area (Å²) in [5.74, 6) is -0.574. The fraction of sp³-hybridized carbons (Fsp3) is 0.253. The number of pyridine rings is 4. The quantitative estimate of drug-likeness (QED) is 0.0352. The third-order valence-corrected chi connectivity index (χ3v) is 25.0. The molecule has 15 rings (SSSR count). The predicted octanol–water partition coefficient (Wildman–Crippen LogP) is 17.8. The highest BCUT2D eigenvalue weighted by molar-refractivity contribution is 7.93. The number of piperazine rings is 1. The lowest BCUT2D eigenvalue weighted by molar-refractivity contribution is -0.143. The van der Waals surface area contributed by atoms with Gasteiger partial charge in [0.05, 0.1) is 70.0 Å². The lowest BCUT2D eigenvalue weighted by Gasteiger charge is -2.36. The highest BCUT2D eigenvalue weighted by atomic mass is 32.2. The fourth-order valence-electron chi connectivity index (χ4n) is 13.8. The number of aromatic nitrogens is 7. The second-order valence-corrected chi connectivity index (χ2v) is 34.4. The topological polar surface area (TPSA) is 311 Å². The van der Waals surface area contributed by atoms with E-state index in [-0.39, 0.29) is 96.1 Å². The van der Waals surface area contributed by atoms with Crippen LogP contribution in [-0.2, 0) is 61.4 Å². The normalized spacial score (nSPS) is 13.1. The summed E-state index contributed by atoms with van der Waals surface area (Å²) in [5, 5.41) is 41.8. The Morgan fingerprint density at radius 2 is 1.35 bits per heavy atom. The minimum atomic E-state index is -4.65. The first-order valence-corrected chi connectivity index (χ1v) is 44.8. The molecule has 1 amide bonds. The maximum atomic E-state index is 13.1. The van der Waals surface area contributed by atoms with Crippen LogP contribution in [0.1, 0.15) is 116 Å². The number of anilines is 3. The van der Waals surface area contributed by atoms with E-state index in [1.54, 1.807) is 103 Å². The molecule has 672 valence electrons. The van der Waals surface area contributed by atoms with Crippen LogP contribution >= 0.6 is 11.3 Å². The Hall–Kier alpha value is -13.9. The molecule has 6 aromatic heterocycles. The third-order valence-electron chi connectivity index (χ3n) is 20.5. The first-order valence-electron chi connectivity index (χ1n) is 40.8. The number of nitriles is 3. The van der Waals surface area contributed by atoms with Crippen molar-refractivity contribution in [1.82, 2.24) is 44.3 Å². The minimum absolute atomic E-state index is 0.0178. The highest BCUT2D eigenvalue weighted by Crippen LogP contribution is 2.37. The van der Waals surface area contributed by atoms with E-state index in [1.807, 2.05) is 140 Å². The van der Waals surface area contributed by atoms with Gasteiger partial charge in [0.15, 0.2) is 15.0 Å². The average Bonchev–Trinajstić information content (AvgIpc) is 1.60. The van der Waals surface area contributed by atoms with Gasteiger partial charge in [-0.3, -0.25) is 34.0 Å². The van der Waals surface area contributed by atoms with E-state index in [0.717, 1.165) is 86.0 Å². The number of aliphatic hydroxyl groups is 1. The number of ether oxygens (including phenoxy) is 2. The summed E-state index contributed by atoms with van der Waals surface area (Å²) in [4.78, 5) is 56.6. The number of esters is 1. The number of nitrogens with zero attached hydrogens (tertiary/aromatic N) is 15. The minimum Gasteiger partial charge on any atom is -0.491 e. The average molecular weight is 1830 g/mol. The number of halogens is 8. The summed E-state index contributed by atoms with van der Waals surface area (Å²) < 4.78 is 169. The Morgan fingerprint density at radius 3 is 2.02 bits per heavy atom. The number of hydrogen-bond acceptors (Lipinski definition) is 22. The Bertz CT molecular complexity index is 6240. The van der Waals surface area contributed by atoms with Crippen molar-refractivity contribution in [1.29, 1.82) is 15.8 Å². The summed E-state index contributed by atoms with van der Waals surface area (Å²) >= 11 is 1.20. The van der Waals surface area contributed by atoms with Gasteiger partial charge < -0.3 is 29.3 Å². The molecule has 1 saturated carbocycles. The van der Waals surface area contributed by atoms with Crippen LogP contribution in [0.5, 0.6) is 5.75 Å². The smallest absolute Gasteiger partial charge is 0.433 e. The number of aryl methyl sites for hydroxylation is 2. The van der Waals surface area contributed by atoms with Crippen molar-refractivity contribution in [2.24, 2.45) is 0 Å². The van der Waals surface area contributed by atoms with Crippen LogP contribution < -0.4 is 18.8 Å². The monoisotopic (exact) mass is 1830 g/mol. The van der Waals surface area contributed by atoms with Crippen LogP contribution in [0.4, 0.5) is 51.8 Å². The van der Waals surface area contributed by atoms with E-state index in [9.17, 15) is 77.2 Å². The number of rotatable bonds is 28. The van der Waals surface area contributed by atoms with E-state index >= 15 is 0 Å². The van der Waals surface area contributed by atoms with E-state index in [1.165, 1.54) is 71.2 Å². The molecule has 0 radical (unpaired) electrons. The molecule has 2 fully saturated rings. The Labute approximate surface area is 751 Å². The maximum Gasteiger partial charge on any atom is 0.433 e. The molecule has 1 N–H and O–H groups in total. The molecular weight excluding hydrogens is 1740 g/mol. The largest absolute Gasteiger partial charge is 0.491 e. The molecule has 2 unspecified atom stereocenters. The van der Waals surface area contributed by atoms with Crippen LogP contribution in [0.25, 0.3) is 10.8 Å². The van der Waals surface area contributed by atoms with Gasteiger partial charge in [-0.25, -0.2) is 36.1 Å². The number of imidazole rings is 1. The van der Waals surface area contributed by atoms with E-state index in [4.69, 9.17) is 14.7 Å². The van der Waals surface area contributed by atoms with E-state index in [0.29, 0.717) is 58.7 Å². The van der Waals surface area contributed by atoms with Crippen molar-refractivity contribution in [3.05, 3.63) is 346 Å². The summed E-state index contributed by atoms with van der Waals surface area (Å²) in [6.45, 7) is 6.59. The molecule has 0 bridgehead atoms. The number of thiazole rings is 1. The van der Waals surface area contributed by atoms with Gasteiger partial charge in [0.1, 0.15) is 53.6 Å². The standard InChI is InChI=1S/C20H22N2O4S2.C20H16N2O2S.C19H18F3N3.C18H17F3N4O2.C18H16F2N4O/c1-15-8-9-16(2)19(12-15)26-14-17(23)13-22(20-21-10-11-27-20)28(24,25)18-6-4-3-5-7-18;21-14-17-10-4-5-12-20(17)25(23,24)15-18(16-8-2-1-3-9-16)19-11-6-7-13-22-19;20-19(21,22)17-6-3-7-18(12-17)25-10-8-24(9-11-25)14-16-5-2-1-4-15(16)13-23;1-2-27-16(26)7-9-25(12-13-4-3-8-23-11-13)17-14(10-22)5-6-15(24-17)18(19,20)21;19-18(20)23-10-9-21-15(23)11-24(13-5-6-13)17(25)16-14-4-2-1-3-12(14)7-8-22-16/h3-12,17,23H,13-14H2,1-2H3;1-13,18H,15H2;1-7,12H,8-11,14H2;3-6,8,11H,2,7,9,12H2,1H3;1-4,7-10,13,18H,5-6,11H2. The van der Waals surface area contributed by atoms with E-state index < -0.39 is 68.0 Å². The molecule has 24 nitrogen and oxygen atoms in total. The van der Waals surface area contributed by atoms with E-state index in [2.05, 4.69) is 40.9 Å². The van der Waals surface area contributed by atoms with Crippen molar-refractivity contribution in [3.8, 4) is 24.0 Å². The summed E-state index contributed by atoms with van der Waals surface area (Å²) in [5.41, 5.74) is 5.28. The molecule has 1 aliphatic carbocycles. The summed E-state index contributed by atoms with van der Waals surface area (Å²) in [7, 11) is -7.51. The molecule has 1 saturated heterocycles. The van der Waals surface area contributed by atoms with Crippen molar-refractivity contribution < 1.29 is 76.1 Å². The van der Waals surface area contributed by atoms with Gasteiger partial charge in [0, 0.05) is 123 Å². The van der Waals surface area contributed by atoms with Crippen molar-refractivity contribution in [2.45, 2.75) is 106 Å². The number of benzene rings is 7. The maximum absolute atomic E-state index is 13.1. The molecule has 2 aliphatic rings. The lowest BCUT2D eigenvalue weighted by Crippen LogP contribution is -2.46. The van der Waals surface area contributed by atoms with Gasteiger partial charge in [-0.1, -0.05) is 133 Å². The number of carbonyl (C=O) groups excluding carboxylic acids is 2. The Balaban J connectivity index is 0.000000157. The van der Waals surface area contributed by atoms with Gasteiger partial charge in [0.2, 0.25) is 0 Å². The van der Waals surface area contributed by atoms with Gasteiger partial charge in [-0.15, -0.1) is 11.3 Å². The molecule has 13 aromatic rings. The molecule has 2 atom stereocenters. The second-order valence-electron chi connectivity index (χ2n) is 29.7. The highest BCUT2D eigenvalue weighted by Gasteiger charge is 2.38. The van der Waals surface area contributed by atoms with Crippen LogP contribution in [0, 0.1) is 47.8 Å². The van der Waals surface area contributed by atoms with Crippen LogP contribution in [0.3, 0.4) is 0 Å². The van der Waals surface area contributed by atoms with Gasteiger partial charge in [-0.05, 0) is 158 Å². The Kier molecular flexibility index (Phi) is 34.0.